The summed E-state index contributed by atoms with van der Waals surface area (Å²) in [6.07, 6.45) is 1.66. The monoisotopic (exact) mass is 365 g/mol. The topological polar surface area (TPSA) is 83.5 Å². The molecule has 1 saturated carbocycles. The van der Waals surface area contributed by atoms with E-state index in [0.29, 0.717) is 17.3 Å². The van der Waals surface area contributed by atoms with Gasteiger partial charge in [-0.1, -0.05) is 28.8 Å². The van der Waals surface area contributed by atoms with Crippen molar-refractivity contribution in [2.45, 2.75) is 36.1 Å². The van der Waals surface area contributed by atoms with Crippen LogP contribution in [0.3, 0.4) is 0 Å². The quantitative estimate of drug-likeness (QED) is 0.856. The lowest BCUT2D eigenvalue weighted by Gasteiger charge is -2.25. The van der Waals surface area contributed by atoms with Crippen molar-refractivity contribution >= 4 is 31.9 Å². The standard InChI is InChI=1S/C12H13BrFNO4S/c13-8-3-4-10(9(14)7-8)20(18,19)15-12(11(16)17)5-1-2-6-12/h3-4,7,15H,1-2,5-6H2,(H,16,17). The van der Waals surface area contributed by atoms with Crippen LogP contribution in [0.1, 0.15) is 25.7 Å². The molecule has 0 aromatic heterocycles. The van der Waals surface area contributed by atoms with Crippen LogP contribution in [0.5, 0.6) is 0 Å². The van der Waals surface area contributed by atoms with Gasteiger partial charge in [-0.25, -0.2) is 12.8 Å². The van der Waals surface area contributed by atoms with Crippen LogP contribution in [0.4, 0.5) is 4.39 Å². The minimum atomic E-state index is -4.22. The van der Waals surface area contributed by atoms with Gasteiger partial charge in [0.2, 0.25) is 10.0 Å². The maximum Gasteiger partial charge on any atom is 0.324 e. The molecule has 0 amide bonds. The molecule has 1 aromatic carbocycles. The molecule has 0 saturated heterocycles. The first-order chi connectivity index (χ1) is 9.27. The molecular formula is C12H13BrFNO4S. The summed E-state index contributed by atoms with van der Waals surface area (Å²) in [4.78, 5) is 10.8. The van der Waals surface area contributed by atoms with Gasteiger partial charge in [-0.05, 0) is 31.0 Å². The van der Waals surface area contributed by atoms with Gasteiger partial charge >= 0.3 is 5.97 Å². The molecular weight excluding hydrogens is 353 g/mol. The zero-order valence-corrected chi connectivity index (χ0v) is 12.8. The molecule has 8 heteroatoms. The highest BCUT2D eigenvalue weighted by molar-refractivity contribution is 9.10. The highest BCUT2D eigenvalue weighted by atomic mass is 79.9. The van der Waals surface area contributed by atoms with Crippen LogP contribution in [-0.2, 0) is 14.8 Å². The fourth-order valence-electron chi connectivity index (χ4n) is 2.34. The molecule has 0 atom stereocenters. The predicted octanol–water partition coefficient (Wildman–Crippen LogP) is 2.26. The number of nitrogens with one attached hydrogen (secondary N) is 1. The number of hydrogen-bond acceptors (Lipinski definition) is 3. The number of rotatable bonds is 4. The smallest absolute Gasteiger partial charge is 0.324 e. The second-order valence-electron chi connectivity index (χ2n) is 4.77. The number of hydrogen-bond donors (Lipinski definition) is 2. The third kappa shape index (κ3) is 2.87. The van der Waals surface area contributed by atoms with Crippen LogP contribution in [0.15, 0.2) is 27.6 Å². The summed E-state index contributed by atoms with van der Waals surface area (Å²) in [5.74, 6) is -2.15. The maximum atomic E-state index is 13.7. The Morgan fingerprint density at radius 1 is 1.35 bits per heavy atom. The first-order valence-electron chi connectivity index (χ1n) is 5.99. The number of carboxylic acid groups (broad SMARTS) is 1. The van der Waals surface area contributed by atoms with Crippen molar-refractivity contribution in [3.05, 3.63) is 28.5 Å². The largest absolute Gasteiger partial charge is 0.480 e. The fraction of sp³-hybridized carbons (Fsp3) is 0.417. The molecule has 0 radical (unpaired) electrons. The summed E-state index contributed by atoms with van der Waals surface area (Å²) >= 11 is 3.04. The Labute approximate surface area is 124 Å². The molecule has 5 nitrogen and oxygen atoms in total. The van der Waals surface area contributed by atoms with Gasteiger partial charge in [-0.3, -0.25) is 4.79 Å². The molecule has 2 N–H and O–H groups in total. The van der Waals surface area contributed by atoms with E-state index in [4.69, 9.17) is 0 Å². The molecule has 2 rings (SSSR count). The zero-order chi connectivity index (χ0) is 15.0. The van der Waals surface area contributed by atoms with Crippen molar-refractivity contribution in [1.29, 1.82) is 0 Å². The van der Waals surface area contributed by atoms with Crippen LogP contribution in [0.25, 0.3) is 0 Å². The Bertz CT molecular complexity index is 641. The van der Waals surface area contributed by atoms with Crippen LogP contribution in [0, 0.1) is 5.82 Å². The average molecular weight is 366 g/mol. The first kappa shape index (κ1) is 15.4. The van der Waals surface area contributed by atoms with Gasteiger partial charge in [0.1, 0.15) is 16.3 Å². The van der Waals surface area contributed by atoms with E-state index in [1.54, 1.807) is 0 Å². The summed E-state index contributed by atoms with van der Waals surface area (Å²) in [7, 11) is -4.22. The zero-order valence-electron chi connectivity index (χ0n) is 10.4. The molecule has 0 spiro atoms. The van der Waals surface area contributed by atoms with E-state index in [1.807, 2.05) is 0 Å². The molecule has 1 fully saturated rings. The highest BCUT2D eigenvalue weighted by Crippen LogP contribution is 2.32. The second-order valence-corrected chi connectivity index (χ2v) is 7.34. The third-order valence-corrected chi connectivity index (χ3v) is 5.44. The van der Waals surface area contributed by atoms with E-state index in [0.717, 1.165) is 12.1 Å². The molecule has 0 heterocycles. The summed E-state index contributed by atoms with van der Waals surface area (Å²) in [5, 5.41) is 9.26. The number of halogens is 2. The van der Waals surface area contributed by atoms with Gasteiger partial charge in [0.05, 0.1) is 0 Å². The van der Waals surface area contributed by atoms with Crippen molar-refractivity contribution in [3.8, 4) is 0 Å². The third-order valence-electron chi connectivity index (χ3n) is 3.38. The Hall–Kier alpha value is -0.990. The van der Waals surface area contributed by atoms with Gasteiger partial charge in [-0.15, -0.1) is 0 Å². The van der Waals surface area contributed by atoms with Gasteiger partial charge < -0.3 is 5.11 Å². The first-order valence-corrected chi connectivity index (χ1v) is 8.27. The molecule has 0 aliphatic heterocycles. The summed E-state index contributed by atoms with van der Waals surface area (Å²) in [6, 6.07) is 3.52. The van der Waals surface area contributed by atoms with Gasteiger partial charge in [0.25, 0.3) is 0 Å². The van der Waals surface area contributed by atoms with Crippen molar-refractivity contribution in [2.75, 3.05) is 0 Å². The van der Waals surface area contributed by atoms with E-state index >= 15 is 0 Å². The van der Waals surface area contributed by atoms with Crippen LogP contribution >= 0.6 is 15.9 Å². The lowest BCUT2D eigenvalue weighted by atomic mass is 10.0. The summed E-state index contributed by atoms with van der Waals surface area (Å²) < 4.78 is 40.7. The van der Waals surface area contributed by atoms with Crippen molar-refractivity contribution < 1.29 is 22.7 Å². The summed E-state index contributed by atoms with van der Waals surface area (Å²) in [5.41, 5.74) is -1.53. The average Bonchev–Trinajstić information content (AvgIpc) is 2.77. The van der Waals surface area contributed by atoms with E-state index < -0.39 is 32.2 Å². The molecule has 1 aliphatic carbocycles. The van der Waals surface area contributed by atoms with E-state index in [1.165, 1.54) is 6.07 Å². The molecule has 0 bridgehead atoms. The number of carboxylic acids is 1. The van der Waals surface area contributed by atoms with Crippen molar-refractivity contribution in [3.63, 3.8) is 0 Å². The molecule has 20 heavy (non-hydrogen) atoms. The normalized spacial score (nSPS) is 18.1. The minimum Gasteiger partial charge on any atom is -0.480 e. The Morgan fingerprint density at radius 2 is 1.95 bits per heavy atom. The van der Waals surface area contributed by atoms with Crippen LogP contribution in [0.2, 0.25) is 0 Å². The minimum absolute atomic E-state index is 0.208. The number of benzene rings is 1. The van der Waals surface area contributed by atoms with Crippen molar-refractivity contribution in [1.82, 2.24) is 4.72 Å². The molecule has 1 aromatic rings. The molecule has 0 unspecified atom stereocenters. The van der Waals surface area contributed by atoms with Gasteiger partial charge in [-0.2, -0.15) is 4.72 Å². The Kier molecular flexibility index (Phi) is 4.17. The number of carbonyl (C=O) groups is 1. The van der Waals surface area contributed by atoms with Gasteiger partial charge in [0.15, 0.2) is 0 Å². The maximum absolute atomic E-state index is 13.7. The Morgan fingerprint density at radius 3 is 2.45 bits per heavy atom. The van der Waals surface area contributed by atoms with Crippen LogP contribution < -0.4 is 4.72 Å². The SMILES string of the molecule is O=C(O)C1(NS(=O)(=O)c2ccc(Br)cc2F)CCCC1. The van der Waals surface area contributed by atoms with E-state index in [-0.39, 0.29) is 12.8 Å². The number of sulfonamides is 1. The van der Waals surface area contributed by atoms with Crippen LogP contribution in [-0.4, -0.2) is 25.0 Å². The number of aliphatic carboxylic acids is 1. The van der Waals surface area contributed by atoms with Crippen molar-refractivity contribution in [2.24, 2.45) is 0 Å². The Balaban J connectivity index is 2.38. The lowest BCUT2D eigenvalue weighted by Crippen LogP contribution is -2.52. The lowest BCUT2D eigenvalue weighted by molar-refractivity contribution is -0.143. The highest BCUT2D eigenvalue weighted by Gasteiger charge is 2.45. The van der Waals surface area contributed by atoms with Gasteiger partial charge in [0, 0.05) is 4.47 Å². The van der Waals surface area contributed by atoms with E-state index in [2.05, 4.69) is 20.7 Å². The second kappa shape index (κ2) is 5.42. The predicted molar refractivity (Wildman–Crippen MR) is 73.3 cm³/mol. The fourth-order valence-corrected chi connectivity index (χ4v) is 4.16. The summed E-state index contributed by atoms with van der Waals surface area (Å²) in [6.45, 7) is 0. The molecule has 110 valence electrons. The molecule has 1 aliphatic rings. The van der Waals surface area contributed by atoms with E-state index in [9.17, 15) is 22.7 Å².